The summed E-state index contributed by atoms with van der Waals surface area (Å²) in [7, 11) is 0. The maximum absolute atomic E-state index is 11.2. The van der Waals surface area contributed by atoms with Gasteiger partial charge in [-0.15, -0.1) is 0 Å². The van der Waals surface area contributed by atoms with Crippen LogP contribution in [0.15, 0.2) is 12.3 Å². The number of alkyl halides is 2. The number of aliphatic hydroxyl groups is 3. The van der Waals surface area contributed by atoms with Crippen LogP contribution >= 0.6 is 23.2 Å². The molecule has 1 fully saturated rings. The molecule has 25 heavy (non-hydrogen) atoms. The molecular formula is C15H16Cl2N2O6. The van der Waals surface area contributed by atoms with Crippen molar-refractivity contribution < 1.29 is 29.6 Å². The van der Waals surface area contributed by atoms with Crippen LogP contribution in [0.2, 0.25) is 0 Å². The Morgan fingerprint density at radius 2 is 2.16 bits per heavy atom. The molecule has 2 rings (SSSR count). The molecule has 1 saturated heterocycles. The van der Waals surface area contributed by atoms with Crippen LogP contribution in [0.5, 0.6) is 0 Å². The number of ether oxygens (including phenoxy) is 1. The number of carbonyl (C=O) groups excluding carboxylic acids is 2. The Morgan fingerprint density at radius 3 is 2.72 bits per heavy atom. The molecule has 1 amide bonds. The number of halogens is 2. The van der Waals surface area contributed by atoms with Crippen molar-refractivity contribution in [3.8, 4) is 11.8 Å². The van der Waals surface area contributed by atoms with Crippen LogP contribution in [0.3, 0.4) is 0 Å². The van der Waals surface area contributed by atoms with E-state index >= 15 is 0 Å². The highest BCUT2D eigenvalue weighted by Gasteiger charge is 2.43. The van der Waals surface area contributed by atoms with Crippen molar-refractivity contribution in [1.29, 1.82) is 0 Å². The van der Waals surface area contributed by atoms with E-state index in [9.17, 15) is 19.8 Å². The third-order valence-electron chi connectivity index (χ3n) is 3.57. The SMILES string of the molecule is O=Cc1cc(C#CCNC(=O)C(Cl)Cl)cn1[C@@H]1O[C@H](CO)[C@@H](O)[C@H]1O. The van der Waals surface area contributed by atoms with Gasteiger partial charge >= 0.3 is 0 Å². The van der Waals surface area contributed by atoms with Crippen molar-refractivity contribution in [1.82, 2.24) is 9.88 Å². The lowest BCUT2D eigenvalue weighted by molar-refractivity contribution is -0.119. The van der Waals surface area contributed by atoms with Crippen LogP contribution in [0.4, 0.5) is 0 Å². The highest BCUT2D eigenvalue weighted by Crippen LogP contribution is 2.30. The molecule has 0 bridgehead atoms. The molecule has 0 aliphatic carbocycles. The molecule has 8 nitrogen and oxygen atoms in total. The van der Waals surface area contributed by atoms with Gasteiger partial charge in [0, 0.05) is 11.8 Å². The molecule has 2 heterocycles. The van der Waals surface area contributed by atoms with Gasteiger partial charge in [-0.05, 0) is 6.07 Å². The predicted octanol–water partition coefficient (Wildman–Crippen LogP) is -0.817. The van der Waals surface area contributed by atoms with E-state index < -0.39 is 41.9 Å². The summed E-state index contributed by atoms with van der Waals surface area (Å²) >= 11 is 10.8. The zero-order valence-electron chi connectivity index (χ0n) is 12.8. The molecular weight excluding hydrogens is 375 g/mol. The van der Waals surface area contributed by atoms with E-state index in [1.807, 2.05) is 0 Å². The molecule has 10 heteroatoms. The van der Waals surface area contributed by atoms with Gasteiger partial charge in [-0.3, -0.25) is 9.59 Å². The molecule has 0 saturated carbocycles. The van der Waals surface area contributed by atoms with Crippen molar-refractivity contribution >= 4 is 35.4 Å². The second-order valence-corrected chi connectivity index (χ2v) is 6.32. The Bertz CT molecular complexity index is 696. The molecule has 0 aromatic carbocycles. The Labute approximate surface area is 153 Å². The summed E-state index contributed by atoms with van der Waals surface area (Å²) in [6, 6.07) is 1.46. The Hall–Kier alpha value is -1.60. The van der Waals surface area contributed by atoms with Crippen molar-refractivity contribution in [3.05, 3.63) is 23.5 Å². The number of amides is 1. The van der Waals surface area contributed by atoms with Crippen molar-refractivity contribution in [3.63, 3.8) is 0 Å². The fraction of sp³-hybridized carbons (Fsp3) is 0.467. The third-order valence-corrected chi connectivity index (χ3v) is 3.97. The van der Waals surface area contributed by atoms with E-state index in [2.05, 4.69) is 17.2 Å². The molecule has 0 unspecified atom stereocenters. The number of carbonyl (C=O) groups is 2. The number of hydrogen-bond acceptors (Lipinski definition) is 6. The lowest BCUT2D eigenvalue weighted by Crippen LogP contribution is -2.33. The second kappa shape index (κ2) is 8.67. The number of rotatable bonds is 5. The summed E-state index contributed by atoms with van der Waals surface area (Å²) in [5, 5.41) is 31.4. The fourth-order valence-corrected chi connectivity index (χ4v) is 2.50. The quantitative estimate of drug-likeness (QED) is 0.296. The van der Waals surface area contributed by atoms with Crippen molar-refractivity contribution in [2.75, 3.05) is 13.2 Å². The Balaban J connectivity index is 2.12. The first-order valence-electron chi connectivity index (χ1n) is 7.23. The fourth-order valence-electron chi connectivity index (χ4n) is 2.34. The molecule has 0 radical (unpaired) electrons. The Morgan fingerprint density at radius 1 is 1.44 bits per heavy atom. The topological polar surface area (TPSA) is 121 Å². The van der Waals surface area contributed by atoms with Gasteiger partial charge in [0.1, 0.15) is 18.3 Å². The van der Waals surface area contributed by atoms with E-state index in [-0.39, 0.29) is 12.2 Å². The number of aldehydes is 1. The number of nitrogens with one attached hydrogen (secondary N) is 1. The van der Waals surface area contributed by atoms with Crippen LogP contribution in [0.1, 0.15) is 22.3 Å². The summed E-state index contributed by atoms with van der Waals surface area (Å²) in [6.07, 6.45) is -2.56. The lowest BCUT2D eigenvalue weighted by Gasteiger charge is -2.17. The van der Waals surface area contributed by atoms with Gasteiger partial charge in [0.05, 0.1) is 18.8 Å². The number of aromatic nitrogens is 1. The van der Waals surface area contributed by atoms with E-state index in [0.29, 0.717) is 11.8 Å². The number of hydrogen-bond donors (Lipinski definition) is 4. The lowest BCUT2D eigenvalue weighted by atomic mass is 10.1. The van der Waals surface area contributed by atoms with E-state index in [0.717, 1.165) is 0 Å². The van der Waals surface area contributed by atoms with Crippen LogP contribution in [-0.4, -0.2) is 68.4 Å². The summed E-state index contributed by atoms with van der Waals surface area (Å²) in [5.41, 5.74) is 0.604. The maximum Gasteiger partial charge on any atom is 0.254 e. The summed E-state index contributed by atoms with van der Waals surface area (Å²) < 4.78 is 6.71. The molecule has 4 atom stereocenters. The number of aliphatic hydroxyl groups excluding tert-OH is 3. The molecule has 1 aliphatic heterocycles. The minimum atomic E-state index is -1.31. The van der Waals surface area contributed by atoms with Crippen LogP contribution in [0.25, 0.3) is 0 Å². The Kier molecular flexibility index (Phi) is 6.84. The van der Waals surface area contributed by atoms with Gasteiger partial charge in [-0.1, -0.05) is 35.0 Å². The highest BCUT2D eigenvalue weighted by molar-refractivity contribution is 6.53. The highest BCUT2D eigenvalue weighted by atomic mass is 35.5. The standard InChI is InChI=1S/C15H16Cl2N2O6/c16-13(17)14(24)18-3-1-2-8-4-9(6-20)19(5-8)15-12(23)11(22)10(7-21)25-15/h4-6,10-13,15,21-23H,3,7H2,(H,18,24)/t10-,11-,12-,15-/m1/s1. The minimum absolute atomic E-state index is 0.00420. The smallest absolute Gasteiger partial charge is 0.254 e. The largest absolute Gasteiger partial charge is 0.394 e. The molecule has 1 aromatic heterocycles. The molecule has 1 aromatic rings. The van der Waals surface area contributed by atoms with Crippen LogP contribution < -0.4 is 5.32 Å². The third kappa shape index (κ3) is 4.52. The van der Waals surface area contributed by atoms with Gasteiger partial charge in [0.25, 0.3) is 5.91 Å². The molecule has 1 aliphatic rings. The summed E-state index contributed by atoms with van der Waals surface area (Å²) in [4.78, 5) is 21.2. The minimum Gasteiger partial charge on any atom is -0.394 e. The van der Waals surface area contributed by atoms with Gasteiger partial charge in [-0.25, -0.2) is 0 Å². The predicted molar refractivity (Wildman–Crippen MR) is 88.2 cm³/mol. The zero-order valence-corrected chi connectivity index (χ0v) is 14.3. The van der Waals surface area contributed by atoms with E-state index in [4.69, 9.17) is 33.0 Å². The van der Waals surface area contributed by atoms with Crippen molar-refractivity contribution in [2.24, 2.45) is 0 Å². The number of nitrogens with zero attached hydrogens (tertiary/aromatic N) is 1. The molecule has 4 N–H and O–H groups in total. The molecule has 0 spiro atoms. The first-order valence-corrected chi connectivity index (χ1v) is 8.10. The van der Waals surface area contributed by atoms with Crippen molar-refractivity contribution in [2.45, 2.75) is 29.4 Å². The average molecular weight is 391 g/mol. The monoisotopic (exact) mass is 390 g/mol. The van der Waals surface area contributed by atoms with E-state index in [1.54, 1.807) is 0 Å². The maximum atomic E-state index is 11.2. The molecule has 136 valence electrons. The summed E-state index contributed by atoms with van der Waals surface area (Å²) in [5.74, 6) is 4.82. The summed E-state index contributed by atoms with van der Waals surface area (Å²) in [6.45, 7) is -0.467. The van der Waals surface area contributed by atoms with Gasteiger partial charge < -0.3 is 29.9 Å². The zero-order chi connectivity index (χ0) is 18.6. The van der Waals surface area contributed by atoms with Crippen LogP contribution in [-0.2, 0) is 9.53 Å². The average Bonchev–Trinajstić information content (AvgIpc) is 3.12. The van der Waals surface area contributed by atoms with Crippen LogP contribution in [0, 0.1) is 11.8 Å². The van der Waals surface area contributed by atoms with Gasteiger partial charge in [-0.2, -0.15) is 0 Å². The normalized spacial score (nSPS) is 25.5. The first-order chi connectivity index (χ1) is 11.9. The second-order valence-electron chi connectivity index (χ2n) is 5.23. The van der Waals surface area contributed by atoms with Gasteiger partial charge in [0.15, 0.2) is 17.4 Å². The van der Waals surface area contributed by atoms with Gasteiger partial charge in [0.2, 0.25) is 0 Å². The first kappa shape index (κ1) is 19.7. The van der Waals surface area contributed by atoms with E-state index in [1.165, 1.54) is 16.8 Å².